The molecule has 1 aliphatic rings. The molecule has 2 aromatic rings. The predicted octanol–water partition coefficient (Wildman–Crippen LogP) is 1.45. The van der Waals surface area contributed by atoms with Crippen molar-refractivity contribution in [3.8, 4) is 0 Å². The van der Waals surface area contributed by atoms with E-state index in [0.29, 0.717) is 30.8 Å². The largest absolute Gasteiger partial charge is 0.341 e. The molecule has 0 radical (unpaired) electrons. The van der Waals surface area contributed by atoms with E-state index in [0.717, 1.165) is 30.9 Å². The zero-order valence-electron chi connectivity index (χ0n) is 17.6. The van der Waals surface area contributed by atoms with Gasteiger partial charge in [0.25, 0.3) is 5.56 Å². The van der Waals surface area contributed by atoms with Gasteiger partial charge in [-0.2, -0.15) is 4.98 Å². The van der Waals surface area contributed by atoms with Crippen molar-refractivity contribution in [2.45, 2.75) is 59.7 Å². The molecule has 0 saturated carbocycles. The molecule has 8 heteroatoms. The molecule has 8 nitrogen and oxygen atoms in total. The van der Waals surface area contributed by atoms with Crippen LogP contribution in [0.3, 0.4) is 0 Å². The van der Waals surface area contributed by atoms with Crippen LogP contribution in [0.4, 0.5) is 5.95 Å². The van der Waals surface area contributed by atoms with E-state index in [1.165, 1.54) is 9.13 Å². The minimum absolute atomic E-state index is 0.0897. The number of hydrogen-bond acceptors (Lipinski definition) is 5. The van der Waals surface area contributed by atoms with E-state index < -0.39 is 0 Å². The molecule has 1 saturated heterocycles. The van der Waals surface area contributed by atoms with Gasteiger partial charge >= 0.3 is 5.69 Å². The minimum Gasteiger partial charge on any atom is -0.341 e. The fourth-order valence-electron chi connectivity index (χ4n) is 3.77. The molecular formula is C20H32N6O2. The Hall–Kier alpha value is -2.35. The lowest BCUT2D eigenvalue weighted by Gasteiger charge is -2.31. The molecule has 0 spiro atoms. The molecule has 0 bridgehead atoms. The van der Waals surface area contributed by atoms with E-state index >= 15 is 0 Å². The third-order valence-corrected chi connectivity index (χ3v) is 5.18. The van der Waals surface area contributed by atoms with Crippen molar-refractivity contribution >= 4 is 17.1 Å². The molecule has 1 aliphatic heterocycles. The smallest absolute Gasteiger partial charge is 0.332 e. The van der Waals surface area contributed by atoms with Crippen LogP contribution in [0.15, 0.2) is 21.2 Å². The van der Waals surface area contributed by atoms with Crippen LogP contribution in [0.2, 0.25) is 0 Å². The van der Waals surface area contributed by atoms with E-state index in [9.17, 15) is 9.59 Å². The van der Waals surface area contributed by atoms with Gasteiger partial charge in [0.15, 0.2) is 11.2 Å². The summed E-state index contributed by atoms with van der Waals surface area (Å²) in [6.07, 6.45) is 4.06. The molecule has 154 valence electrons. The topological polar surface area (TPSA) is 91.1 Å². The second kappa shape index (κ2) is 7.95. The Bertz CT molecular complexity index is 1010. The summed E-state index contributed by atoms with van der Waals surface area (Å²) >= 11 is 0. The van der Waals surface area contributed by atoms with E-state index in [2.05, 4.69) is 11.0 Å². The average Bonchev–Trinajstić information content (AvgIpc) is 3.01. The monoisotopic (exact) mass is 388 g/mol. The number of nitrogens with zero attached hydrogens (tertiary/aromatic N) is 5. The molecule has 0 amide bonds. The number of allylic oxidation sites excluding steroid dienone is 2. The van der Waals surface area contributed by atoms with Crippen LogP contribution in [-0.4, -0.2) is 37.8 Å². The summed E-state index contributed by atoms with van der Waals surface area (Å²) in [5, 5.41) is 0. The highest BCUT2D eigenvalue weighted by Crippen LogP contribution is 2.23. The van der Waals surface area contributed by atoms with Crippen LogP contribution in [0, 0.1) is 5.92 Å². The van der Waals surface area contributed by atoms with Gasteiger partial charge in [0, 0.05) is 39.3 Å². The summed E-state index contributed by atoms with van der Waals surface area (Å²) in [6.45, 7) is 10.5. The molecule has 28 heavy (non-hydrogen) atoms. The number of nitrogens with two attached hydrogens (primary N) is 1. The number of anilines is 1. The van der Waals surface area contributed by atoms with Crippen molar-refractivity contribution in [2.24, 2.45) is 18.7 Å². The molecule has 0 aromatic carbocycles. The molecular weight excluding hydrogens is 356 g/mol. The molecule has 2 N–H and O–H groups in total. The fraction of sp³-hybridized carbons (Fsp3) is 0.650. The number of aryl methyl sites for hydroxylation is 1. The molecule has 1 fully saturated rings. The number of aromatic nitrogens is 4. The van der Waals surface area contributed by atoms with Gasteiger partial charge in [-0.15, -0.1) is 0 Å². The summed E-state index contributed by atoms with van der Waals surface area (Å²) in [6, 6.07) is 0.0897. The van der Waals surface area contributed by atoms with Crippen molar-refractivity contribution in [1.29, 1.82) is 0 Å². The quantitative estimate of drug-likeness (QED) is 0.783. The standard InChI is InChI=1S/C20H32N6O2/c1-13(2)8-10-25-16-17(22-19(25)24-9-6-7-15(21)12-24)23(5)20(28)26(18(16)27)11-14(3)4/h8,14-15H,6-7,9-12,21H2,1-5H3. The third-order valence-electron chi connectivity index (χ3n) is 5.18. The molecule has 0 aliphatic carbocycles. The van der Waals surface area contributed by atoms with E-state index in [4.69, 9.17) is 10.7 Å². The highest BCUT2D eigenvalue weighted by atomic mass is 16.2. The summed E-state index contributed by atoms with van der Waals surface area (Å²) in [7, 11) is 1.69. The van der Waals surface area contributed by atoms with Crippen molar-refractivity contribution in [3.05, 3.63) is 32.5 Å². The molecule has 2 aromatic heterocycles. The van der Waals surface area contributed by atoms with Crippen LogP contribution in [0.1, 0.15) is 40.5 Å². The first-order chi connectivity index (χ1) is 13.2. The number of hydrogen-bond donors (Lipinski definition) is 1. The maximum absolute atomic E-state index is 13.3. The lowest BCUT2D eigenvalue weighted by atomic mass is 10.1. The fourth-order valence-corrected chi connectivity index (χ4v) is 3.77. The van der Waals surface area contributed by atoms with Crippen molar-refractivity contribution in [3.63, 3.8) is 0 Å². The van der Waals surface area contributed by atoms with Gasteiger partial charge in [-0.3, -0.25) is 13.9 Å². The minimum atomic E-state index is -0.319. The van der Waals surface area contributed by atoms with Gasteiger partial charge in [-0.1, -0.05) is 25.5 Å². The Balaban J connectivity index is 2.28. The maximum Gasteiger partial charge on any atom is 0.332 e. The SMILES string of the molecule is CC(C)=CCn1c(N2CCCC(N)C2)nc2c1c(=O)n(CC(C)C)c(=O)n2C. The molecule has 1 unspecified atom stereocenters. The van der Waals surface area contributed by atoms with Crippen molar-refractivity contribution in [2.75, 3.05) is 18.0 Å². The molecule has 3 rings (SSSR count). The lowest BCUT2D eigenvalue weighted by molar-refractivity contribution is 0.483. The van der Waals surface area contributed by atoms with Crippen LogP contribution in [0.5, 0.6) is 0 Å². The van der Waals surface area contributed by atoms with E-state index in [1.54, 1.807) is 7.05 Å². The Morgan fingerprint density at radius 1 is 1.29 bits per heavy atom. The van der Waals surface area contributed by atoms with Gasteiger partial charge in [-0.25, -0.2) is 4.79 Å². The molecule has 3 heterocycles. The summed E-state index contributed by atoms with van der Waals surface area (Å²) < 4.78 is 4.77. The average molecular weight is 389 g/mol. The second-order valence-corrected chi connectivity index (χ2v) is 8.48. The van der Waals surface area contributed by atoms with Crippen LogP contribution in [-0.2, 0) is 20.1 Å². The maximum atomic E-state index is 13.3. The zero-order valence-corrected chi connectivity index (χ0v) is 17.6. The normalized spacial score (nSPS) is 17.5. The third kappa shape index (κ3) is 3.78. The van der Waals surface area contributed by atoms with Gasteiger partial charge in [-0.05, 0) is 32.6 Å². The Kier molecular flexibility index (Phi) is 5.79. The number of rotatable bonds is 5. The van der Waals surface area contributed by atoms with Crippen LogP contribution < -0.4 is 21.9 Å². The second-order valence-electron chi connectivity index (χ2n) is 8.48. The number of fused-ring (bicyclic) bond motifs is 1. The summed E-state index contributed by atoms with van der Waals surface area (Å²) in [5.41, 5.74) is 7.67. The first-order valence-electron chi connectivity index (χ1n) is 10.0. The zero-order chi connectivity index (χ0) is 20.6. The highest BCUT2D eigenvalue weighted by molar-refractivity contribution is 5.74. The Morgan fingerprint density at radius 3 is 2.61 bits per heavy atom. The predicted molar refractivity (Wildman–Crippen MR) is 113 cm³/mol. The van der Waals surface area contributed by atoms with Crippen molar-refractivity contribution in [1.82, 2.24) is 18.7 Å². The number of piperidine rings is 1. The highest BCUT2D eigenvalue weighted by Gasteiger charge is 2.26. The van der Waals surface area contributed by atoms with Crippen molar-refractivity contribution < 1.29 is 0 Å². The first-order valence-corrected chi connectivity index (χ1v) is 10.0. The van der Waals surface area contributed by atoms with Gasteiger partial charge in [0.05, 0.1) is 0 Å². The Labute approximate surface area is 165 Å². The van der Waals surface area contributed by atoms with Crippen LogP contribution >= 0.6 is 0 Å². The summed E-state index contributed by atoms with van der Waals surface area (Å²) in [4.78, 5) is 33.0. The Morgan fingerprint density at radius 2 is 2.00 bits per heavy atom. The van der Waals surface area contributed by atoms with Crippen LogP contribution in [0.25, 0.3) is 11.2 Å². The van der Waals surface area contributed by atoms with E-state index in [-0.39, 0.29) is 23.2 Å². The lowest BCUT2D eigenvalue weighted by Crippen LogP contribution is -2.44. The van der Waals surface area contributed by atoms with E-state index in [1.807, 2.05) is 32.3 Å². The summed E-state index contributed by atoms with van der Waals surface area (Å²) in [5.74, 6) is 0.911. The van der Waals surface area contributed by atoms with Gasteiger partial charge < -0.3 is 15.2 Å². The number of imidazole rings is 1. The molecule has 1 atom stereocenters. The van der Waals surface area contributed by atoms with Gasteiger partial charge in [0.2, 0.25) is 5.95 Å². The van der Waals surface area contributed by atoms with Gasteiger partial charge in [0.1, 0.15) is 0 Å². The first kappa shape index (κ1) is 20.4.